The quantitative estimate of drug-likeness (QED) is 0.562. The Bertz CT molecular complexity index is 314. The van der Waals surface area contributed by atoms with Gasteiger partial charge in [0.2, 0.25) is 5.91 Å². The molecule has 2 rings (SSSR count). The number of nitrogens with one attached hydrogen (secondary N) is 1. The fourth-order valence-electron chi connectivity index (χ4n) is 2.95. The smallest absolute Gasteiger partial charge is 0.315 e. The van der Waals surface area contributed by atoms with E-state index < -0.39 is 17.5 Å². The third kappa shape index (κ3) is 1.44. The molecule has 1 atom stereocenters. The molecule has 3 amide bonds. The van der Waals surface area contributed by atoms with E-state index in [0.717, 1.165) is 25.9 Å². The van der Waals surface area contributed by atoms with Gasteiger partial charge in [0.05, 0.1) is 0 Å². The summed E-state index contributed by atoms with van der Waals surface area (Å²) < 4.78 is 0. The average Bonchev–Trinajstić information content (AvgIpc) is 2.16. The number of nitrogens with two attached hydrogens (primary N) is 2. The summed E-state index contributed by atoms with van der Waals surface area (Å²) in [7, 11) is 0. The minimum Gasteiger partial charge on any atom is -0.368 e. The minimum atomic E-state index is -0.812. The van der Waals surface area contributed by atoms with Crippen molar-refractivity contribution in [3.8, 4) is 0 Å². The molecule has 0 aliphatic carbocycles. The van der Waals surface area contributed by atoms with Crippen molar-refractivity contribution in [3.63, 3.8) is 0 Å². The van der Waals surface area contributed by atoms with Crippen molar-refractivity contribution >= 4 is 11.9 Å². The highest BCUT2D eigenvalue weighted by Crippen LogP contribution is 2.41. The maximum atomic E-state index is 11.7. The van der Waals surface area contributed by atoms with Gasteiger partial charge in [-0.25, -0.2) is 4.79 Å². The summed E-state index contributed by atoms with van der Waals surface area (Å²) in [6.07, 6.45) is 2.38. The number of primary amides is 2. The first-order valence-electron chi connectivity index (χ1n) is 5.66. The van der Waals surface area contributed by atoms with E-state index in [2.05, 4.69) is 5.32 Å². The minimum absolute atomic E-state index is 0.146. The maximum Gasteiger partial charge on any atom is 0.315 e. The molecular formula is C10H18N4O2. The number of urea groups is 1. The van der Waals surface area contributed by atoms with Crippen molar-refractivity contribution in [3.05, 3.63) is 0 Å². The predicted molar refractivity (Wildman–Crippen MR) is 58.4 cm³/mol. The van der Waals surface area contributed by atoms with E-state index >= 15 is 0 Å². The molecule has 0 aromatic heterocycles. The zero-order chi connectivity index (χ0) is 11.8. The van der Waals surface area contributed by atoms with Crippen LogP contribution in [0.3, 0.4) is 0 Å². The average molecular weight is 226 g/mol. The number of hydrogen-bond acceptors (Lipinski definition) is 3. The Hall–Kier alpha value is -1.30. The summed E-state index contributed by atoms with van der Waals surface area (Å²) in [5, 5.41) is 3.23. The van der Waals surface area contributed by atoms with Crippen LogP contribution in [0.1, 0.15) is 19.3 Å². The summed E-state index contributed by atoms with van der Waals surface area (Å²) in [5.41, 5.74) is 9.95. The predicted octanol–water partition coefficient (Wildman–Crippen LogP) is -1.01. The monoisotopic (exact) mass is 226 g/mol. The summed E-state index contributed by atoms with van der Waals surface area (Å²) in [6, 6.07) is -0.538. The second-order valence-corrected chi connectivity index (χ2v) is 4.55. The van der Waals surface area contributed by atoms with Crippen LogP contribution in [0.2, 0.25) is 0 Å². The first kappa shape index (κ1) is 11.2. The molecule has 2 aliphatic heterocycles. The molecule has 0 aromatic rings. The molecule has 2 aliphatic rings. The van der Waals surface area contributed by atoms with Gasteiger partial charge in [-0.05, 0) is 38.3 Å². The lowest BCUT2D eigenvalue weighted by atomic mass is 9.69. The summed E-state index contributed by atoms with van der Waals surface area (Å²) in [5.74, 6) is -0.267. The van der Waals surface area contributed by atoms with Crippen molar-refractivity contribution in [1.29, 1.82) is 0 Å². The van der Waals surface area contributed by atoms with E-state index in [4.69, 9.17) is 11.5 Å². The Morgan fingerprint density at radius 2 is 1.88 bits per heavy atom. The molecule has 1 unspecified atom stereocenters. The number of nitrogens with zero attached hydrogens (tertiary/aromatic N) is 1. The van der Waals surface area contributed by atoms with Gasteiger partial charge in [0, 0.05) is 6.54 Å². The zero-order valence-corrected chi connectivity index (χ0v) is 9.24. The van der Waals surface area contributed by atoms with Crippen molar-refractivity contribution < 1.29 is 9.59 Å². The molecule has 2 fully saturated rings. The summed E-state index contributed by atoms with van der Waals surface area (Å²) in [6.45, 7) is 2.28. The number of carbonyl (C=O) groups excluding carboxylic acids is 2. The Kier molecular flexibility index (Phi) is 2.75. The second kappa shape index (κ2) is 3.93. The molecule has 0 aromatic carbocycles. The van der Waals surface area contributed by atoms with E-state index in [9.17, 15) is 9.59 Å². The van der Waals surface area contributed by atoms with E-state index in [1.807, 2.05) is 0 Å². The SMILES string of the molecule is NC(=O)N1CCC1(C(N)=O)C1CCNCC1. The van der Waals surface area contributed by atoms with Crippen molar-refractivity contribution in [2.75, 3.05) is 19.6 Å². The van der Waals surface area contributed by atoms with Gasteiger partial charge in [0.1, 0.15) is 5.54 Å². The number of likely N-dealkylation sites (tertiary alicyclic amines) is 1. The summed E-state index contributed by atoms with van der Waals surface area (Å²) >= 11 is 0. The van der Waals surface area contributed by atoms with Crippen LogP contribution in [0.25, 0.3) is 0 Å². The van der Waals surface area contributed by atoms with Crippen LogP contribution in [0.15, 0.2) is 0 Å². The Morgan fingerprint density at radius 1 is 1.25 bits per heavy atom. The normalized spacial score (nSPS) is 30.9. The highest BCUT2D eigenvalue weighted by Gasteiger charge is 2.56. The molecule has 90 valence electrons. The molecule has 0 radical (unpaired) electrons. The molecular weight excluding hydrogens is 208 g/mol. The first-order chi connectivity index (χ1) is 7.59. The number of piperidine rings is 1. The topological polar surface area (TPSA) is 101 Å². The lowest BCUT2D eigenvalue weighted by molar-refractivity contribution is -0.142. The number of rotatable bonds is 2. The van der Waals surface area contributed by atoms with Gasteiger partial charge in [-0.2, -0.15) is 0 Å². The van der Waals surface area contributed by atoms with Gasteiger partial charge < -0.3 is 21.7 Å². The van der Waals surface area contributed by atoms with Gasteiger partial charge in [-0.1, -0.05) is 0 Å². The van der Waals surface area contributed by atoms with Gasteiger partial charge in [0.15, 0.2) is 0 Å². The van der Waals surface area contributed by atoms with Gasteiger partial charge in [0.25, 0.3) is 0 Å². The largest absolute Gasteiger partial charge is 0.368 e. The zero-order valence-electron chi connectivity index (χ0n) is 9.24. The maximum absolute atomic E-state index is 11.7. The highest BCUT2D eigenvalue weighted by molar-refractivity contribution is 5.91. The van der Waals surface area contributed by atoms with E-state index in [-0.39, 0.29) is 5.92 Å². The summed E-state index contributed by atoms with van der Waals surface area (Å²) in [4.78, 5) is 24.4. The van der Waals surface area contributed by atoms with Crippen LogP contribution in [0.4, 0.5) is 4.79 Å². The Morgan fingerprint density at radius 3 is 2.25 bits per heavy atom. The fourth-order valence-corrected chi connectivity index (χ4v) is 2.95. The molecule has 0 spiro atoms. The first-order valence-corrected chi connectivity index (χ1v) is 5.66. The molecule has 0 saturated carbocycles. The molecule has 16 heavy (non-hydrogen) atoms. The Labute approximate surface area is 94.3 Å². The lowest BCUT2D eigenvalue weighted by Crippen LogP contribution is -2.73. The van der Waals surface area contributed by atoms with Crippen molar-refractivity contribution in [1.82, 2.24) is 10.2 Å². The van der Waals surface area contributed by atoms with Crippen LogP contribution < -0.4 is 16.8 Å². The number of hydrogen-bond donors (Lipinski definition) is 3. The molecule has 0 bridgehead atoms. The van der Waals surface area contributed by atoms with Crippen LogP contribution in [-0.2, 0) is 4.79 Å². The van der Waals surface area contributed by atoms with E-state index in [0.29, 0.717) is 13.0 Å². The molecule has 2 saturated heterocycles. The molecule has 5 N–H and O–H groups in total. The Balaban J connectivity index is 2.21. The second-order valence-electron chi connectivity index (χ2n) is 4.55. The van der Waals surface area contributed by atoms with Crippen LogP contribution in [0.5, 0.6) is 0 Å². The standard InChI is InChI=1S/C10H18N4O2/c11-8(15)10(3-6-14(10)9(12)16)7-1-4-13-5-2-7/h7,13H,1-6H2,(H2,11,15)(H2,12,16). The molecule has 6 nitrogen and oxygen atoms in total. The van der Waals surface area contributed by atoms with Crippen molar-refractivity contribution in [2.45, 2.75) is 24.8 Å². The molecule has 2 heterocycles. The van der Waals surface area contributed by atoms with Crippen LogP contribution in [0, 0.1) is 5.92 Å². The van der Waals surface area contributed by atoms with Crippen LogP contribution >= 0.6 is 0 Å². The molecule has 6 heteroatoms. The number of amides is 3. The highest BCUT2D eigenvalue weighted by atomic mass is 16.2. The van der Waals surface area contributed by atoms with E-state index in [1.54, 1.807) is 0 Å². The van der Waals surface area contributed by atoms with Gasteiger partial charge >= 0.3 is 6.03 Å². The van der Waals surface area contributed by atoms with Gasteiger partial charge in [-0.3, -0.25) is 4.79 Å². The van der Waals surface area contributed by atoms with E-state index in [1.165, 1.54) is 4.90 Å². The number of carbonyl (C=O) groups is 2. The van der Waals surface area contributed by atoms with Gasteiger partial charge in [-0.15, -0.1) is 0 Å². The fraction of sp³-hybridized carbons (Fsp3) is 0.800. The third-order valence-corrected chi connectivity index (χ3v) is 3.91. The lowest BCUT2D eigenvalue weighted by Gasteiger charge is -2.54. The van der Waals surface area contributed by atoms with Crippen molar-refractivity contribution in [2.24, 2.45) is 17.4 Å². The third-order valence-electron chi connectivity index (χ3n) is 3.91. The van der Waals surface area contributed by atoms with Crippen LogP contribution in [-0.4, -0.2) is 42.0 Å².